The van der Waals surface area contributed by atoms with Crippen LogP contribution in [-0.4, -0.2) is 31.4 Å². The molecule has 1 N–H and O–H groups in total. The summed E-state index contributed by atoms with van der Waals surface area (Å²) in [5.74, 6) is 0.694. The van der Waals surface area contributed by atoms with Gasteiger partial charge in [-0.25, -0.2) is 4.98 Å². The van der Waals surface area contributed by atoms with Gasteiger partial charge < -0.3 is 4.42 Å². The number of amides is 1. The van der Waals surface area contributed by atoms with E-state index in [4.69, 9.17) is 16.0 Å². The Morgan fingerprint density at radius 3 is 2.53 bits per heavy atom. The molecule has 7 nitrogen and oxygen atoms in total. The van der Waals surface area contributed by atoms with Gasteiger partial charge in [0.05, 0.1) is 16.8 Å². The first-order valence-corrected chi connectivity index (χ1v) is 11.1. The largest absolute Gasteiger partial charge is 0.411 e. The molecule has 2 heterocycles. The molecular weight excluding hydrogens is 446 g/mol. The number of thioether (sulfide) groups is 1. The molecule has 0 aliphatic carbocycles. The van der Waals surface area contributed by atoms with E-state index in [2.05, 4.69) is 20.5 Å². The number of anilines is 1. The van der Waals surface area contributed by atoms with E-state index in [-0.39, 0.29) is 11.7 Å². The smallest absolute Gasteiger partial charge is 0.277 e. The minimum atomic E-state index is -0.228. The summed E-state index contributed by atoms with van der Waals surface area (Å²) in [6.07, 6.45) is 0. The topological polar surface area (TPSA) is 85.8 Å². The molecular formula is C23H16ClN5O2S. The van der Waals surface area contributed by atoms with E-state index < -0.39 is 0 Å². The Balaban J connectivity index is 1.31. The highest BCUT2D eigenvalue weighted by molar-refractivity contribution is 7.99. The molecule has 2 aromatic heterocycles. The molecule has 0 saturated heterocycles. The molecule has 0 aliphatic rings. The summed E-state index contributed by atoms with van der Waals surface area (Å²) in [5.41, 5.74) is 3.37. The van der Waals surface area contributed by atoms with Crippen molar-refractivity contribution in [3.63, 3.8) is 0 Å². The van der Waals surface area contributed by atoms with E-state index >= 15 is 0 Å². The number of hydrogen-bond donors (Lipinski definition) is 1. The van der Waals surface area contributed by atoms with E-state index in [9.17, 15) is 4.79 Å². The molecule has 0 fully saturated rings. The maximum absolute atomic E-state index is 12.7. The van der Waals surface area contributed by atoms with Crippen molar-refractivity contribution >= 4 is 46.3 Å². The lowest BCUT2D eigenvalue weighted by molar-refractivity contribution is -0.113. The molecule has 0 bridgehead atoms. The fourth-order valence-electron chi connectivity index (χ4n) is 3.21. The zero-order valence-electron chi connectivity index (χ0n) is 16.6. The molecule has 9 heteroatoms. The summed E-state index contributed by atoms with van der Waals surface area (Å²) in [6.45, 7) is 0. The molecule has 0 aliphatic heterocycles. The molecule has 0 spiro atoms. The molecule has 158 valence electrons. The van der Waals surface area contributed by atoms with Crippen molar-refractivity contribution in [3.05, 3.63) is 83.9 Å². The van der Waals surface area contributed by atoms with Crippen LogP contribution in [0.3, 0.4) is 0 Å². The third-order valence-corrected chi connectivity index (χ3v) is 5.72. The van der Waals surface area contributed by atoms with Crippen molar-refractivity contribution in [2.45, 2.75) is 5.22 Å². The van der Waals surface area contributed by atoms with Gasteiger partial charge in [-0.2, -0.15) is 0 Å². The second-order valence-electron chi connectivity index (χ2n) is 6.81. The first kappa shape index (κ1) is 20.3. The molecule has 3 aromatic carbocycles. The zero-order valence-corrected chi connectivity index (χ0v) is 18.2. The molecule has 5 rings (SSSR count). The van der Waals surface area contributed by atoms with E-state index in [0.717, 1.165) is 34.0 Å². The van der Waals surface area contributed by atoms with E-state index in [1.807, 2.05) is 59.2 Å². The number of nitrogens with zero attached hydrogens (tertiary/aromatic N) is 4. The number of hydrogen-bond acceptors (Lipinski definition) is 6. The van der Waals surface area contributed by atoms with Gasteiger partial charge in [-0.3, -0.25) is 14.7 Å². The van der Waals surface area contributed by atoms with Gasteiger partial charge in [-0.15, -0.1) is 10.2 Å². The lowest BCUT2D eigenvalue weighted by Gasteiger charge is -2.09. The lowest BCUT2D eigenvalue weighted by atomic mass is 10.2. The van der Waals surface area contributed by atoms with Crippen molar-refractivity contribution in [2.24, 2.45) is 0 Å². The number of para-hydroxylation sites is 3. The molecule has 5 aromatic rings. The fraction of sp³-hybridized carbons (Fsp3) is 0.0435. The maximum Gasteiger partial charge on any atom is 0.277 e. The Kier molecular flexibility index (Phi) is 5.62. The number of nitrogens with one attached hydrogen (secondary N) is 1. The van der Waals surface area contributed by atoms with Gasteiger partial charge in [0.1, 0.15) is 0 Å². The Labute approximate surface area is 192 Å². The normalized spacial score (nSPS) is 11.0. The number of benzene rings is 3. The van der Waals surface area contributed by atoms with Crippen LogP contribution in [0.15, 0.2) is 88.5 Å². The minimum Gasteiger partial charge on any atom is -0.411 e. The number of rotatable bonds is 6. The van der Waals surface area contributed by atoms with E-state index in [1.54, 1.807) is 24.3 Å². The number of fused-ring (bicyclic) bond motifs is 1. The summed E-state index contributed by atoms with van der Waals surface area (Å²) >= 11 is 7.07. The first-order chi connectivity index (χ1) is 15.7. The van der Waals surface area contributed by atoms with Gasteiger partial charge in [0.2, 0.25) is 17.7 Å². The molecule has 0 unspecified atom stereocenters. The monoisotopic (exact) mass is 461 g/mol. The minimum absolute atomic E-state index is 0.0975. The average molecular weight is 462 g/mol. The quantitative estimate of drug-likeness (QED) is 0.338. The highest BCUT2D eigenvalue weighted by atomic mass is 35.5. The maximum atomic E-state index is 12.7. The highest BCUT2D eigenvalue weighted by Gasteiger charge is 2.16. The lowest BCUT2D eigenvalue weighted by Crippen LogP contribution is -2.17. The summed E-state index contributed by atoms with van der Waals surface area (Å²) in [4.78, 5) is 17.3. The van der Waals surface area contributed by atoms with Crippen molar-refractivity contribution in [1.82, 2.24) is 19.7 Å². The van der Waals surface area contributed by atoms with Crippen LogP contribution in [0.5, 0.6) is 0 Å². The Morgan fingerprint density at radius 1 is 0.969 bits per heavy atom. The van der Waals surface area contributed by atoms with Gasteiger partial charge in [-0.05, 0) is 48.5 Å². The van der Waals surface area contributed by atoms with Gasteiger partial charge in [0.15, 0.2) is 0 Å². The summed E-state index contributed by atoms with van der Waals surface area (Å²) < 4.78 is 7.57. The Bertz CT molecular complexity index is 1380. The molecule has 32 heavy (non-hydrogen) atoms. The standard InChI is InChI=1S/C23H16ClN5O2S/c24-16-12-10-15(11-13-16)21-27-28-23(31-21)32-14-20(30)26-22-25-18-8-4-5-9-19(18)29(22)17-6-2-1-3-7-17/h1-13H,14H2,(H,25,26,30). The van der Waals surface area contributed by atoms with Crippen molar-refractivity contribution in [3.8, 4) is 17.1 Å². The third-order valence-electron chi connectivity index (χ3n) is 4.65. The number of imidazole rings is 1. The number of aromatic nitrogens is 4. The van der Waals surface area contributed by atoms with E-state index in [1.165, 1.54) is 0 Å². The number of halogens is 1. The van der Waals surface area contributed by atoms with Gasteiger partial charge in [0, 0.05) is 16.3 Å². The SMILES string of the molecule is O=C(CSc1nnc(-c2ccc(Cl)cc2)o1)Nc1nc2ccccc2n1-c1ccccc1. The summed E-state index contributed by atoms with van der Waals surface area (Å²) in [7, 11) is 0. The van der Waals surface area contributed by atoms with Crippen LogP contribution in [0.4, 0.5) is 5.95 Å². The van der Waals surface area contributed by atoms with Crippen LogP contribution in [-0.2, 0) is 4.79 Å². The zero-order chi connectivity index (χ0) is 21.9. The summed E-state index contributed by atoms with van der Waals surface area (Å²) in [6, 6.07) is 24.6. The average Bonchev–Trinajstić information content (AvgIpc) is 3.43. The van der Waals surface area contributed by atoms with Crippen molar-refractivity contribution in [2.75, 3.05) is 11.1 Å². The van der Waals surface area contributed by atoms with Gasteiger partial charge in [0.25, 0.3) is 5.22 Å². The van der Waals surface area contributed by atoms with Gasteiger partial charge in [-0.1, -0.05) is 53.7 Å². The second kappa shape index (κ2) is 8.86. The predicted octanol–water partition coefficient (Wildman–Crippen LogP) is 5.46. The second-order valence-corrected chi connectivity index (χ2v) is 8.17. The molecule has 0 atom stereocenters. The predicted molar refractivity (Wildman–Crippen MR) is 125 cm³/mol. The molecule has 1 amide bonds. The molecule has 0 radical (unpaired) electrons. The van der Waals surface area contributed by atoms with Crippen molar-refractivity contribution < 1.29 is 9.21 Å². The third kappa shape index (κ3) is 4.23. The number of carbonyl (C=O) groups excluding carboxylic acids is 1. The highest BCUT2D eigenvalue weighted by Crippen LogP contribution is 2.26. The Hall–Kier alpha value is -3.62. The Morgan fingerprint density at radius 2 is 1.72 bits per heavy atom. The van der Waals surface area contributed by atoms with Crippen LogP contribution in [0, 0.1) is 0 Å². The fourth-order valence-corrected chi connectivity index (χ4v) is 3.90. The van der Waals surface area contributed by atoms with Gasteiger partial charge >= 0.3 is 0 Å². The first-order valence-electron chi connectivity index (χ1n) is 9.72. The summed E-state index contributed by atoms with van der Waals surface area (Å²) in [5, 5.41) is 11.9. The van der Waals surface area contributed by atoms with Crippen LogP contribution < -0.4 is 5.32 Å². The van der Waals surface area contributed by atoms with Crippen LogP contribution >= 0.6 is 23.4 Å². The van der Waals surface area contributed by atoms with Crippen LogP contribution in [0.2, 0.25) is 5.02 Å². The number of carbonyl (C=O) groups is 1. The molecule has 0 saturated carbocycles. The van der Waals surface area contributed by atoms with Crippen LogP contribution in [0.25, 0.3) is 28.2 Å². The van der Waals surface area contributed by atoms with Crippen molar-refractivity contribution in [1.29, 1.82) is 0 Å². The van der Waals surface area contributed by atoms with Crippen LogP contribution in [0.1, 0.15) is 0 Å². The van der Waals surface area contributed by atoms with E-state index in [0.29, 0.717) is 22.1 Å².